The number of aromatic amines is 1. The molecule has 4 nitrogen and oxygen atoms in total. The molecule has 18 heavy (non-hydrogen) atoms. The Morgan fingerprint density at radius 3 is 3.06 bits per heavy atom. The Bertz CT molecular complexity index is 813. The lowest BCUT2D eigenvalue weighted by Crippen LogP contribution is -2.26. The van der Waals surface area contributed by atoms with E-state index in [1.807, 2.05) is 12.1 Å². The molecule has 2 aromatic heterocycles. The summed E-state index contributed by atoms with van der Waals surface area (Å²) in [7, 11) is 0. The number of hydrogen-bond acceptors (Lipinski definition) is 2. The van der Waals surface area contributed by atoms with Gasteiger partial charge in [-0.25, -0.2) is 4.98 Å². The van der Waals surface area contributed by atoms with E-state index in [9.17, 15) is 4.79 Å². The van der Waals surface area contributed by atoms with E-state index in [0.29, 0.717) is 6.54 Å². The number of nitrogens with one attached hydrogen (secondary N) is 1. The molecule has 1 aliphatic rings. The summed E-state index contributed by atoms with van der Waals surface area (Å²) in [6.45, 7) is 0.705. The zero-order chi connectivity index (χ0) is 12.1. The lowest BCUT2D eigenvalue weighted by Gasteiger charge is -2.17. The molecule has 0 radical (unpaired) electrons. The molecule has 1 N–H and O–H groups in total. The molecular formula is C14H11N3O. The smallest absolute Gasteiger partial charge is 0.253 e. The van der Waals surface area contributed by atoms with Gasteiger partial charge in [-0.2, -0.15) is 0 Å². The van der Waals surface area contributed by atoms with E-state index in [1.165, 1.54) is 17.0 Å². The van der Waals surface area contributed by atoms with E-state index < -0.39 is 0 Å². The highest BCUT2D eigenvalue weighted by molar-refractivity contribution is 5.90. The quantitative estimate of drug-likeness (QED) is 0.649. The summed E-state index contributed by atoms with van der Waals surface area (Å²) < 4.78 is 1.73. The van der Waals surface area contributed by atoms with Gasteiger partial charge in [0.25, 0.3) is 5.56 Å². The van der Waals surface area contributed by atoms with Gasteiger partial charge in [-0.1, -0.05) is 18.2 Å². The highest BCUT2D eigenvalue weighted by Crippen LogP contribution is 2.32. The molecular weight excluding hydrogens is 226 g/mol. The van der Waals surface area contributed by atoms with E-state index >= 15 is 0 Å². The van der Waals surface area contributed by atoms with Crippen LogP contribution in [-0.2, 0) is 13.0 Å². The molecule has 0 amide bonds. The molecule has 4 heteroatoms. The van der Waals surface area contributed by atoms with Crippen molar-refractivity contribution in [1.82, 2.24) is 14.5 Å². The molecule has 0 fully saturated rings. The number of nitrogens with zero attached hydrogens (tertiary/aromatic N) is 2. The first kappa shape index (κ1) is 9.65. The third-order valence-corrected chi connectivity index (χ3v) is 3.56. The lowest BCUT2D eigenvalue weighted by molar-refractivity contribution is 0.645. The van der Waals surface area contributed by atoms with Gasteiger partial charge in [-0.15, -0.1) is 0 Å². The Morgan fingerprint density at radius 1 is 1.22 bits per heavy atom. The van der Waals surface area contributed by atoms with Crippen molar-refractivity contribution in [2.24, 2.45) is 0 Å². The summed E-state index contributed by atoms with van der Waals surface area (Å²) in [4.78, 5) is 19.5. The first-order chi connectivity index (χ1) is 8.84. The van der Waals surface area contributed by atoms with Gasteiger partial charge in [0.1, 0.15) is 0 Å². The van der Waals surface area contributed by atoms with Crippen LogP contribution in [0.5, 0.6) is 0 Å². The van der Waals surface area contributed by atoms with Crippen LogP contribution >= 0.6 is 0 Å². The number of rotatable bonds is 0. The Hall–Kier alpha value is -2.36. The van der Waals surface area contributed by atoms with E-state index in [0.717, 1.165) is 23.5 Å². The van der Waals surface area contributed by atoms with Gasteiger partial charge in [0.05, 0.1) is 5.69 Å². The summed E-state index contributed by atoms with van der Waals surface area (Å²) in [5.74, 6) is 0.750. The molecule has 3 aromatic rings. The molecule has 1 aliphatic heterocycles. The van der Waals surface area contributed by atoms with Gasteiger partial charge in [0.2, 0.25) is 0 Å². The maximum atomic E-state index is 11.8. The van der Waals surface area contributed by atoms with E-state index in [4.69, 9.17) is 0 Å². The number of hydrogen-bond donors (Lipinski definition) is 1. The van der Waals surface area contributed by atoms with Gasteiger partial charge in [0.15, 0.2) is 5.82 Å². The number of H-pyrrole nitrogens is 1. The van der Waals surface area contributed by atoms with Gasteiger partial charge >= 0.3 is 0 Å². The number of para-hydroxylation sites is 1. The fourth-order valence-corrected chi connectivity index (χ4v) is 2.73. The Kier molecular flexibility index (Phi) is 1.78. The summed E-state index contributed by atoms with van der Waals surface area (Å²) in [5.41, 5.74) is 3.38. The summed E-state index contributed by atoms with van der Waals surface area (Å²) in [6, 6.07) is 9.73. The van der Waals surface area contributed by atoms with E-state index in [-0.39, 0.29) is 5.56 Å². The molecule has 4 rings (SSSR count). The first-order valence-electron chi connectivity index (χ1n) is 6.00. The fraction of sp³-hybridized carbons (Fsp3) is 0.143. The van der Waals surface area contributed by atoms with Crippen molar-refractivity contribution in [3.8, 4) is 11.5 Å². The lowest BCUT2D eigenvalue weighted by atomic mass is 10.0. The summed E-state index contributed by atoms with van der Waals surface area (Å²) in [6.07, 6.45) is 2.45. The average Bonchev–Trinajstić information content (AvgIpc) is 2.78. The second-order valence-electron chi connectivity index (χ2n) is 4.53. The second-order valence-corrected chi connectivity index (χ2v) is 4.53. The third kappa shape index (κ3) is 1.14. The van der Waals surface area contributed by atoms with E-state index in [1.54, 1.807) is 10.8 Å². The molecule has 0 saturated heterocycles. The molecule has 0 unspecified atom stereocenters. The SMILES string of the molecule is O=c1ccnc2n1CCc1c-2[nH]c2ccccc12. The Balaban J connectivity index is 2.13. The zero-order valence-electron chi connectivity index (χ0n) is 9.68. The maximum Gasteiger partial charge on any atom is 0.253 e. The minimum absolute atomic E-state index is 0.0179. The molecule has 0 atom stereocenters. The minimum Gasteiger partial charge on any atom is -0.352 e. The zero-order valence-corrected chi connectivity index (χ0v) is 9.68. The predicted molar refractivity (Wildman–Crippen MR) is 69.5 cm³/mol. The average molecular weight is 237 g/mol. The third-order valence-electron chi connectivity index (χ3n) is 3.56. The van der Waals surface area contributed by atoms with Crippen molar-refractivity contribution in [3.63, 3.8) is 0 Å². The molecule has 0 saturated carbocycles. The summed E-state index contributed by atoms with van der Waals surface area (Å²) >= 11 is 0. The molecule has 0 aliphatic carbocycles. The monoisotopic (exact) mass is 237 g/mol. The number of fused-ring (bicyclic) bond motifs is 5. The summed E-state index contributed by atoms with van der Waals surface area (Å²) in [5, 5.41) is 1.23. The van der Waals surface area contributed by atoms with Crippen LogP contribution in [0.4, 0.5) is 0 Å². The number of aromatic nitrogens is 3. The standard InChI is InChI=1S/C14H11N3O/c18-12-5-7-15-14-13-10(6-8-17(12)14)9-3-1-2-4-11(9)16-13/h1-5,7,16H,6,8H2. The van der Waals surface area contributed by atoms with Crippen molar-refractivity contribution >= 4 is 10.9 Å². The van der Waals surface area contributed by atoms with Gasteiger partial charge in [0, 0.05) is 29.7 Å². The maximum absolute atomic E-state index is 11.8. The molecule has 1 aromatic carbocycles. The highest BCUT2D eigenvalue weighted by atomic mass is 16.1. The molecule has 0 spiro atoms. The van der Waals surface area contributed by atoms with Gasteiger partial charge in [-0.3, -0.25) is 9.36 Å². The van der Waals surface area contributed by atoms with Crippen LogP contribution < -0.4 is 5.56 Å². The van der Waals surface area contributed by atoms with Crippen LogP contribution in [0.2, 0.25) is 0 Å². The van der Waals surface area contributed by atoms with Crippen LogP contribution in [0, 0.1) is 0 Å². The van der Waals surface area contributed by atoms with Crippen molar-refractivity contribution in [3.05, 3.63) is 52.4 Å². The largest absolute Gasteiger partial charge is 0.352 e. The van der Waals surface area contributed by atoms with Crippen LogP contribution in [0.1, 0.15) is 5.56 Å². The first-order valence-corrected chi connectivity index (χ1v) is 6.00. The number of aryl methyl sites for hydroxylation is 1. The van der Waals surface area contributed by atoms with Crippen molar-refractivity contribution in [2.45, 2.75) is 13.0 Å². The van der Waals surface area contributed by atoms with Crippen LogP contribution in [0.15, 0.2) is 41.3 Å². The van der Waals surface area contributed by atoms with Crippen molar-refractivity contribution < 1.29 is 0 Å². The second kappa shape index (κ2) is 3.32. The normalized spacial score (nSPS) is 13.3. The van der Waals surface area contributed by atoms with Gasteiger partial charge < -0.3 is 4.98 Å². The molecule has 3 heterocycles. The number of benzene rings is 1. The Morgan fingerprint density at radius 2 is 2.11 bits per heavy atom. The van der Waals surface area contributed by atoms with Crippen LogP contribution in [0.3, 0.4) is 0 Å². The molecule has 0 bridgehead atoms. The molecule has 88 valence electrons. The minimum atomic E-state index is 0.0179. The topological polar surface area (TPSA) is 50.7 Å². The van der Waals surface area contributed by atoms with Crippen molar-refractivity contribution in [1.29, 1.82) is 0 Å². The Labute approximate surface area is 103 Å². The predicted octanol–water partition coefficient (Wildman–Crippen LogP) is 1.95. The fourth-order valence-electron chi connectivity index (χ4n) is 2.73. The van der Waals surface area contributed by atoms with Crippen LogP contribution in [0.25, 0.3) is 22.4 Å². The van der Waals surface area contributed by atoms with Crippen LogP contribution in [-0.4, -0.2) is 14.5 Å². The highest BCUT2D eigenvalue weighted by Gasteiger charge is 2.21. The van der Waals surface area contributed by atoms with E-state index in [2.05, 4.69) is 22.1 Å². The van der Waals surface area contributed by atoms with Gasteiger partial charge in [-0.05, 0) is 18.1 Å². The van der Waals surface area contributed by atoms with Crippen molar-refractivity contribution in [2.75, 3.05) is 0 Å².